The highest BCUT2D eigenvalue weighted by Crippen LogP contribution is 2.42. The first kappa shape index (κ1) is 34.6. The van der Waals surface area contributed by atoms with Gasteiger partial charge in [0, 0.05) is 93.1 Å². The van der Waals surface area contributed by atoms with Crippen molar-refractivity contribution in [1.29, 1.82) is 0 Å². The number of benzene rings is 2. The van der Waals surface area contributed by atoms with Gasteiger partial charge in [0.2, 0.25) is 5.88 Å². The molecule has 2 aliphatic heterocycles. The van der Waals surface area contributed by atoms with Gasteiger partial charge in [0.05, 0.1) is 47.9 Å². The van der Waals surface area contributed by atoms with E-state index in [4.69, 9.17) is 47.1 Å². The minimum Gasteiger partial charge on any atom is -0.496 e. The van der Waals surface area contributed by atoms with Crippen LogP contribution in [0.2, 0.25) is 10.0 Å². The van der Waals surface area contributed by atoms with Crippen molar-refractivity contribution in [2.24, 2.45) is 0 Å². The van der Waals surface area contributed by atoms with Crippen molar-refractivity contribution >= 4 is 23.2 Å². The quantitative estimate of drug-likeness (QED) is 0.157. The number of halogens is 2. The van der Waals surface area contributed by atoms with Crippen LogP contribution in [0.4, 0.5) is 0 Å². The smallest absolute Gasteiger partial charge is 0.218 e. The van der Waals surface area contributed by atoms with Crippen molar-refractivity contribution in [3.05, 3.63) is 82.0 Å². The fraction of sp³-hybridized carbons (Fsp3) is 0.421. The first-order valence-corrected chi connectivity index (χ1v) is 17.3. The zero-order valence-corrected chi connectivity index (χ0v) is 29.7. The van der Waals surface area contributed by atoms with Gasteiger partial charge in [-0.15, -0.1) is 0 Å². The molecule has 0 bridgehead atoms. The molecule has 2 fully saturated rings. The Morgan fingerprint density at radius 3 is 1.92 bits per heavy atom. The third kappa shape index (κ3) is 7.65. The molecular weight excluding hydrogens is 647 g/mol. The normalized spacial score (nSPS) is 16.7. The molecule has 6 rings (SSSR count). The molecule has 2 saturated heterocycles. The van der Waals surface area contributed by atoms with E-state index >= 15 is 0 Å². The highest BCUT2D eigenvalue weighted by molar-refractivity contribution is 6.39. The van der Waals surface area contributed by atoms with Crippen LogP contribution in [-0.2, 0) is 22.6 Å². The Kier molecular flexibility index (Phi) is 11.5. The maximum Gasteiger partial charge on any atom is 0.218 e. The standard InChI is InChI=1S/C38H44Cl2N4O4/c1-45-28-13-18-43(19-14-28)23-26-9-8-25(22-34(26)47-3)37-36(40)31(12-17-41-37)30-6-5-7-32(35(30)39)33-11-10-27(38(42-33)48-4)24-44-20-15-29(46-2)16-21-44/h5-12,17,22,28-29H,13-16,18-21,23-24H2,1-4H3. The van der Waals surface area contributed by atoms with E-state index < -0.39 is 0 Å². The lowest BCUT2D eigenvalue weighted by Crippen LogP contribution is -2.36. The maximum absolute atomic E-state index is 7.13. The van der Waals surface area contributed by atoms with Gasteiger partial charge < -0.3 is 18.9 Å². The van der Waals surface area contributed by atoms with Gasteiger partial charge in [0.25, 0.3) is 0 Å². The molecule has 2 aromatic heterocycles. The lowest BCUT2D eigenvalue weighted by Gasteiger charge is -2.31. The molecule has 0 radical (unpaired) electrons. The number of pyridine rings is 2. The summed E-state index contributed by atoms with van der Waals surface area (Å²) in [5, 5.41) is 1.08. The fourth-order valence-corrected chi connectivity index (χ4v) is 7.46. The predicted molar refractivity (Wildman–Crippen MR) is 192 cm³/mol. The summed E-state index contributed by atoms with van der Waals surface area (Å²) in [7, 11) is 6.95. The Morgan fingerprint density at radius 1 is 0.688 bits per heavy atom. The second-order valence-electron chi connectivity index (χ2n) is 12.5. The van der Waals surface area contributed by atoms with E-state index in [0.29, 0.717) is 33.8 Å². The molecular formula is C38H44Cl2N4O4. The number of methoxy groups -OCH3 is 4. The van der Waals surface area contributed by atoms with Crippen LogP contribution in [0.5, 0.6) is 11.6 Å². The minimum atomic E-state index is 0.339. The zero-order valence-electron chi connectivity index (χ0n) is 28.2. The summed E-state index contributed by atoms with van der Waals surface area (Å²) in [6.07, 6.45) is 6.59. The van der Waals surface area contributed by atoms with Crippen LogP contribution in [0.1, 0.15) is 36.8 Å². The topological polar surface area (TPSA) is 69.2 Å². The average Bonchev–Trinajstić information content (AvgIpc) is 3.13. The second kappa shape index (κ2) is 16.0. The van der Waals surface area contributed by atoms with Crippen LogP contribution < -0.4 is 9.47 Å². The highest BCUT2D eigenvalue weighted by Gasteiger charge is 2.23. The molecule has 0 spiro atoms. The average molecular weight is 692 g/mol. The third-order valence-corrected chi connectivity index (χ3v) is 10.5. The van der Waals surface area contributed by atoms with Gasteiger partial charge in [-0.2, -0.15) is 0 Å². The van der Waals surface area contributed by atoms with E-state index in [1.54, 1.807) is 34.6 Å². The van der Waals surface area contributed by atoms with Gasteiger partial charge in [-0.1, -0.05) is 59.6 Å². The van der Waals surface area contributed by atoms with Crippen LogP contribution in [0, 0.1) is 0 Å². The number of rotatable bonds is 11. The molecule has 0 atom stereocenters. The van der Waals surface area contributed by atoms with E-state index in [9.17, 15) is 0 Å². The number of hydrogen-bond acceptors (Lipinski definition) is 8. The molecule has 2 aromatic carbocycles. The Balaban J connectivity index is 1.24. The molecule has 0 amide bonds. The van der Waals surface area contributed by atoms with Crippen LogP contribution in [0.15, 0.2) is 60.8 Å². The molecule has 4 aromatic rings. The van der Waals surface area contributed by atoms with Gasteiger partial charge >= 0.3 is 0 Å². The van der Waals surface area contributed by atoms with E-state index in [2.05, 4.69) is 33.0 Å². The van der Waals surface area contributed by atoms with Crippen LogP contribution in [-0.4, -0.2) is 86.6 Å². The number of piperidine rings is 2. The predicted octanol–water partition coefficient (Wildman–Crippen LogP) is 8.02. The number of hydrogen-bond donors (Lipinski definition) is 0. The van der Waals surface area contributed by atoms with E-state index in [1.807, 2.05) is 36.4 Å². The van der Waals surface area contributed by atoms with Crippen molar-refractivity contribution in [2.75, 3.05) is 54.6 Å². The van der Waals surface area contributed by atoms with Gasteiger partial charge in [-0.25, -0.2) is 4.98 Å². The summed E-state index contributed by atoms with van der Waals surface area (Å²) in [4.78, 5) is 14.4. The number of aromatic nitrogens is 2. The summed E-state index contributed by atoms with van der Waals surface area (Å²) in [5.41, 5.74) is 6.85. The summed E-state index contributed by atoms with van der Waals surface area (Å²) >= 11 is 14.2. The first-order chi connectivity index (χ1) is 23.4. The Labute approximate surface area is 293 Å². The molecule has 0 N–H and O–H groups in total. The van der Waals surface area contributed by atoms with Gasteiger partial charge in [0.1, 0.15) is 5.75 Å². The summed E-state index contributed by atoms with van der Waals surface area (Å²) < 4.78 is 22.7. The number of ether oxygens (including phenoxy) is 4. The van der Waals surface area contributed by atoms with Crippen molar-refractivity contribution in [2.45, 2.75) is 51.0 Å². The lowest BCUT2D eigenvalue weighted by atomic mass is 9.99. The second-order valence-corrected chi connectivity index (χ2v) is 13.3. The first-order valence-electron chi connectivity index (χ1n) is 16.6. The van der Waals surface area contributed by atoms with Crippen molar-refractivity contribution in [3.8, 4) is 45.3 Å². The van der Waals surface area contributed by atoms with E-state index in [1.165, 1.54) is 0 Å². The van der Waals surface area contributed by atoms with E-state index in [-0.39, 0.29) is 0 Å². The van der Waals surface area contributed by atoms with E-state index in [0.717, 1.165) is 110 Å². The van der Waals surface area contributed by atoms with Gasteiger partial charge in [-0.3, -0.25) is 14.8 Å². The molecule has 0 unspecified atom stereocenters. The summed E-state index contributed by atoms with van der Waals surface area (Å²) in [6, 6.07) is 18.1. The lowest BCUT2D eigenvalue weighted by molar-refractivity contribution is 0.0386. The highest BCUT2D eigenvalue weighted by atomic mass is 35.5. The Bertz CT molecular complexity index is 1580. The van der Waals surface area contributed by atoms with Crippen molar-refractivity contribution < 1.29 is 18.9 Å². The molecule has 0 saturated carbocycles. The molecule has 0 aliphatic carbocycles. The zero-order chi connectivity index (χ0) is 33.6. The van der Waals surface area contributed by atoms with Crippen LogP contribution in [0.3, 0.4) is 0 Å². The van der Waals surface area contributed by atoms with Crippen LogP contribution in [0.25, 0.3) is 33.6 Å². The molecule has 8 nitrogen and oxygen atoms in total. The van der Waals surface area contributed by atoms with Gasteiger partial charge in [0.15, 0.2) is 0 Å². The third-order valence-electron chi connectivity index (χ3n) is 9.67. The SMILES string of the molecule is COc1cc(-c2nccc(-c3cccc(-c4ccc(CN5CCC(OC)CC5)c(OC)n4)c3Cl)c2Cl)ccc1CN1CCC(OC)CC1. The van der Waals surface area contributed by atoms with Gasteiger partial charge in [-0.05, 0) is 43.9 Å². The monoisotopic (exact) mass is 690 g/mol. The maximum atomic E-state index is 7.13. The molecule has 10 heteroatoms. The molecule has 48 heavy (non-hydrogen) atoms. The Morgan fingerprint density at radius 2 is 1.29 bits per heavy atom. The van der Waals surface area contributed by atoms with Crippen molar-refractivity contribution in [3.63, 3.8) is 0 Å². The van der Waals surface area contributed by atoms with Crippen molar-refractivity contribution in [1.82, 2.24) is 19.8 Å². The number of likely N-dealkylation sites (tertiary alicyclic amines) is 2. The minimum absolute atomic E-state index is 0.339. The largest absolute Gasteiger partial charge is 0.496 e. The molecule has 4 heterocycles. The molecule has 2 aliphatic rings. The van der Waals surface area contributed by atoms with Crippen LogP contribution >= 0.6 is 23.2 Å². The Hall–Kier alpha value is -3.24. The number of nitrogens with zero attached hydrogens (tertiary/aromatic N) is 4. The summed E-state index contributed by atoms with van der Waals surface area (Å²) in [6.45, 7) is 5.55. The summed E-state index contributed by atoms with van der Waals surface area (Å²) in [5.74, 6) is 1.41. The molecule has 254 valence electrons. The fourth-order valence-electron chi connectivity index (χ4n) is 6.82.